The van der Waals surface area contributed by atoms with Gasteiger partial charge in [0, 0.05) is 18.4 Å². The third-order valence-electron chi connectivity index (χ3n) is 3.56. The van der Waals surface area contributed by atoms with Gasteiger partial charge in [-0.2, -0.15) is 18.2 Å². The third-order valence-corrected chi connectivity index (χ3v) is 3.56. The van der Waals surface area contributed by atoms with E-state index in [1.54, 1.807) is 11.8 Å². The predicted molar refractivity (Wildman–Crippen MR) is 86.5 cm³/mol. The SMILES string of the molecule is CCC(C)Oc1nc(N(CC)c2ccccc2)ncc1C(F)(F)F. The molecule has 1 heterocycles. The van der Waals surface area contributed by atoms with E-state index in [0.717, 1.165) is 11.9 Å². The van der Waals surface area contributed by atoms with Crippen molar-refractivity contribution >= 4 is 11.6 Å². The van der Waals surface area contributed by atoms with Crippen molar-refractivity contribution in [1.29, 1.82) is 0 Å². The van der Waals surface area contributed by atoms with Gasteiger partial charge in [-0.05, 0) is 32.4 Å². The molecule has 130 valence electrons. The summed E-state index contributed by atoms with van der Waals surface area (Å²) in [6, 6.07) is 9.25. The summed E-state index contributed by atoms with van der Waals surface area (Å²) in [4.78, 5) is 9.67. The molecule has 24 heavy (non-hydrogen) atoms. The van der Waals surface area contributed by atoms with Crippen molar-refractivity contribution in [2.75, 3.05) is 11.4 Å². The lowest BCUT2D eigenvalue weighted by atomic mass is 10.3. The molecule has 0 spiro atoms. The molecule has 7 heteroatoms. The Morgan fingerprint density at radius 3 is 2.38 bits per heavy atom. The number of ether oxygens (including phenoxy) is 1. The van der Waals surface area contributed by atoms with Crippen LogP contribution in [0.4, 0.5) is 24.8 Å². The van der Waals surface area contributed by atoms with Crippen molar-refractivity contribution in [3.05, 3.63) is 42.1 Å². The van der Waals surface area contributed by atoms with Gasteiger partial charge in [0.1, 0.15) is 5.56 Å². The molecular weight excluding hydrogens is 319 g/mol. The van der Waals surface area contributed by atoms with E-state index in [4.69, 9.17) is 4.74 Å². The van der Waals surface area contributed by atoms with Gasteiger partial charge >= 0.3 is 6.18 Å². The molecule has 1 atom stereocenters. The number of alkyl halides is 3. The van der Waals surface area contributed by atoms with Crippen LogP contribution in [0.2, 0.25) is 0 Å². The summed E-state index contributed by atoms with van der Waals surface area (Å²) in [6.45, 7) is 5.93. The topological polar surface area (TPSA) is 38.2 Å². The summed E-state index contributed by atoms with van der Waals surface area (Å²) >= 11 is 0. The maximum Gasteiger partial charge on any atom is 0.423 e. The molecule has 0 saturated heterocycles. The van der Waals surface area contributed by atoms with Crippen LogP contribution in [0, 0.1) is 0 Å². The van der Waals surface area contributed by atoms with Crippen LogP contribution in [0.25, 0.3) is 0 Å². The van der Waals surface area contributed by atoms with Crippen LogP contribution >= 0.6 is 0 Å². The number of hydrogen-bond donors (Lipinski definition) is 0. The van der Waals surface area contributed by atoms with Gasteiger partial charge in [-0.3, -0.25) is 0 Å². The van der Waals surface area contributed by atoms with Gasteiger partial charge in [0.25, 0.3) is 0 Å². The first-order chi connectivity index (χ1) is 11.4. The smallest absolute Gasteiger partial charge is 0.423 e. The molecule has 0 aliphatic carbocycles. The molecule has 0 fully saturated rings. The average molecular weight is 339 g/mol. The molecule has 0 radical (unpaired) electrons. The number of nitrogens with zero attached hydrogens (tertiary/aromatic N) is 3. The van der Waals surface area contributed by atoms with Crippen LogP contribution in [0.1, 0.15) is 32.8 Å². The number of halogens is 3. The van der Waals surface area contributed by atoms with Crippen LogP contribution in [-0.2, 0) is 6.18 Å². The standard InChI is InChI=1S/C17H20F3N3O/c1-4-12(3)24-15-14(17(18,19)20)11-21-16(22-15)23(5-2)13-9-7-6-8-10-13/h6-12H,4-5H2,1-3H3. The van der Waals surface area contributed by atoms with Crippen LogP contribution in [0.5, 0.6) is 5.88 Å². The fourth-order valence-corrected chi connectivity index (χ4v) is 2.09. The molecule has 0 aliphatic heterocycles. The van der Waals surface area contributed by atoms with Crippen LogP contribution in [-0.4, -0.2) is 22.6 Å². The first-order valence-electron chi connectivity index (χ1n) is 7.80. The number of para-hydroxylation sites is 1. The molecule has 4 nitrogen and oxygen atoms in total. The fraction of sp³-hybridized carbons (Fsp3) is 0.412. The first-order valence-corrected chi connectivity index (χ1v) is 7.80. The van der Waals surface area contributed by atoms with Gasteiger partial charge in [0.05, 0.1) is 6.10 Å². The molecule has 0 bridgehead atoms. The summed E-state index contributed by atoms with van der Waals surface area (Å²) in [5.74, 6) is -0.258. The van der Waals surface area contributed by atoms with E-state index in [0.29, 0.717) is 13.0 Å². The lowest BCUT2D eigenvalue weighted by Gasteiger charge is -2.23. The lowest BCUT2D eigenvalue weighted by Crippen LogP contribution is -2.22. The molecule has 0 amide bonds. The zero-order valence-electron chi connectivity index (χ0n) is 13.8. The minimum absolute atomic E-state index is 0.176. The average Bonchev–Trinajstić information content (AvgIpc) is 2.55. The molecule has 2 aromatic rings. The van der Waals surface area contributed by atoms with E-state index < -0.39 is 17.6 Å². The number of anilines is 2. The first kappa shape index (κ1) is 18.0. The van der Waals surface area contributed by atoms with E-state index in [9.17, 15) is 13.2 Å². The normalized spacial score (nSPS) is 12.8. The van der Waals surface area contributed by atoms with E-state index >= 15 is 0 Å². The van der Waals surface area contributed by atoms with Crippen molar-refractivity contribution in [1.82, 2.24) is 9.97 Å². The van der Waals surface area contributed by atoms with Crippen LogP contribution in [0.3, 0.4) is 0 Å². The second-order valence-electron chi connectivity index (χ2n) is 5.30. The van der Waals surface area contributed by atoms with Gasteiger partial charge in [-0.15, -0.1) is 0 Å². The highest BCUT2D eigenvalue weighted by Gasteiger charge is 2.37. The van der Waals surface area contributed by atoms with E-state index in [-0.39, 0.29) is 12.1 Å². The number of rotatable bonds is 6. The minimum atomic E-state index is -4.56. The molecule has 1 aromatic heterocycles. The maximum absolute atomic E-state index is 13.2. The van der Waals surface area contributed by atoms with E-state index in [1.165, 1.54) is 0 Å². The second-order valence-corrected chi connectivity index (χ2v) is 5.30. The summed E-state index contributed by atoms with van der Waals surface area (Å²) in [5.41, 5.74) is -0.162. The number of hydrogen-bond acceptors (Lipinski definition) is 4. The molecule has 0 saturated carbocycles. The minimum Gasteiger partial charge on any atom is -0.474 e. The second kappa shape index (κ2) is 7.51. The third kappa shape index (κ3) is 4.15. The maximum atomic E-state index is 13.2. The Hall–Kier alpha value is -2.31. The quantitative estimate of drug-likeness (QED) is 0.755. The van der Waals surface area contributed by atoms with Crippen molar-refractivity contribution < 1.29 is 17.9 Å². The molecule has 2 rings (SSSR count). The van der Waals surface area contributed by atoms with Crippen LogP contribution < -0.4 is 9.64 Å². The van der Waals surface area contributed by atoms with E-state index in [2.05, 4.69) is 9.97 Å². The lowest BCUT2D eigenvalue weighted by molar-refractivity contribution is -0.139. The van der Waals surface area contributed by atoms with Crippen molar-refractivity contribution in [3.63, 3.8) is 0 Å². The zero-order valence-corrected chi connectivity index (χ0v) is 13.8. The Labute approximate surface area is 139 Å². The monoisotopic (exact) mass is 339 g/mol. The highest BCUT2D eigenvalue weighted by atomic mass is 19.4. The van der Waals surface area contributed by atoms with Gasteiger partial charge in [0.2, 0.25) is 11.8 Å². The van der Waals surface area contributed by atoms with Crippen molar-refractivity contribution in [2.45, 2.75) is 39.5 Å². The predicted octanol–water partition coefficient (Wildman–Crippen LogP) is 4.83. The van der Waals surface area contributed by atoms with Crippen LogP contribution in [0.15, 0.2) is 36.5 Å². The molecule has 1 aromatic carbocycles. The molecule has 1 unspecified atom stereocenters. The summed E-state index contributed by atoms with van der Waals surface area (Å²) in [5, 5.41) is 0. The fourth-order valence-electron chi connectivity index (χ4n) is 2.09. The van der Waals surface area contributed by atoms with Gasteiger partial charge < -0.3 is 9.64 Å². The Morgan fingerprint density at radius 1 is 1.17 bits per heavy atom. The van der Waals surface area contributed by atoms with Gasteiger partial charge in [0.15, 0.2) is 0 Å². The molecule has 0 N–H and O–H groups in total. The Kier molecular flexibility index (Phi) is 5.64. The highest BCUT2D eigenvalue weighted by Crippen LogP contribution is 2.36. The highest BCUT2D eigenvalue weighted by molar-refractivity contribution is 5.57. The molecular formula is C17H20F3N3O. The van der Waals surface area contributed by atoms with E-state index in [1.807, 2.05) is 44.2 Å². The Bertz CT molecular complexity index is 662. The zero-order chi connectivity index (χ0) is 17.7. The van der Waals surface area contributed by atoms with Gasteiger partial charge in [-0.1, -0.05) is 25.1 Å². The Balaban J connectivity index is 2.46. The molecule has 0 aliphatic rings. The summed E-state index contributed by atoms with van der Waals surface area (Å²) < 4.78 is 44.9. The summed E-state index contributed by atoms with van der Waals surface area (Å²) in [7, 11) is 0. The number of aromatic nitrogens is 2. The number of benzene rings is 1. The largest absolute Gasteiger partial charge is 0.474 e. The van der Waals surface area contributed by atoms with Gasteiger partial charge in [-0.25, -0.2) is 4.98 Å². The Morgan fingerprint density at radius 2 is 1.83 bits per heavy atom. The van der Waals surface area contributed by atoms with Crippen molar-refractivity contribution in [3.8, 4) is 5.88 Å². The summed E-state index contributed by atoms with van der Waals surface area (Å²) in [6.07, 6.45) is -3.58. The van der Waals surface area contributed by atoms with Crippen molar-refractivity contribution in [2.24, 2.45) is 0 Å².